The van der Waals surface area contributed by atoms with E-state index in [1.807, 2.05) is 0 Å². The standard InChI is InChI=1S/C11H9BrFN3O4S/c12-9-2-1-8(3-10(9)13)21(19,20)15-7-4-14-16(5-7)6-11(17)18/h1-5,15H,6H2,(H,17,18). The third kappa shape index (κ3) is 3.79. The van der Waals surface area contributed by atoms with Crippen LogP contribution in [0, 0.1) is 5.82 Å². The van der Waals surface area contributed by atoms with Crippen LogP contribution in [0.3, 0.4) is 0 Å². The lowest BCUT2D eigenvalue weighted by atomic mass is 10.3. The number of anilines is 1. The van der Waals surface area contributed by atoms with E-state index in [-0.39, 0.29) is 15.1 Å². The highest BCUT2D eigenvalue weighted by Gasteiger charge is 2.17. The quantitative estimate of drug-likeness (QED) is 0.824. The molecule has 2 N–H and O–H groups in total. The average molecular weight is 378 g/mol. The summed E-state index contributed by atoms with van der Waals surface area (Å²) in [6, 6.07) is 3.38. The molecule has 0 saturated heterocycles. The summed E-state index contributed by atoms with van der Waals surface area (Å²) in [6.07, 6.45) is 2.39. The van der Waals surface area contributed by atoms with E-state index in [4.69, 9.17) is 5.11 Å². The predicted molar refractivity (Wildman–Crippen MR) is 74.8 cm³/mol. The molecule has 0 spiro atoms. The number of aliphatic carboxylic acids is 1. The Kier molecular flexibility index (Phi) is 4.28. The monoisotopic (exact) mass is 377 g/mol. The summed E-state index contributed by atoms with van der Waals surface area (Å²) in [7, 11) is -3.98. The van der Waals surface area contributed by atoms with E-state index < -0.39 is 28.4 Å². The number of carboxylic acid groups (broad SMARTS) is 1. The van der Waals surface area contributed by atoms with Gasteiger partial charge in [0.1, 0.15) is 12.4 Å². The maximum absolute atomic E-state index is 13.4. The SMILES string of the molecule is O=C(O)Cn1cc(NS(=O)(=O)c2ccc(Br)c(F)c2)cn1. The third-order valence-electron chi connectivity index (χ3n) is 2.38. The molecule has 10 heteroatoms. The number of carbonyl (C=O) groups is 1. The number of nitrogens with one attached hydrogen (secondary N) is 1. The molecule has 0 radical (unpaired) electrons. The third-order valence-corrected chi connectivity index (χ3v) is 4.41. The van der Waals surface area contributed by atoms with Crippen molar-refractivity contribution in [2.24, 2.45) is 0 Å². The van der Waals surface area contributed by atoms with Crippen molar-refractivity contribution in [3.05, 3.63) is 40.9 Å². The topological polar surface area (TPSA) is 101 Å². The molecular weight excluding hydrogens is 369 g/mol. The molecule has 1 aromatic carbocycles. The molecule has 0 bridgehead atoms. The van der Waals surface area contributed by atoms with Gasteiger partial charge in [-0.25, -0.2) is 12.8 Å². The molecule has 0 aliphatic carbocycles. The van der Waals surface area contributed by atoms with Crippen LogP contribution in [0.25, 0.3) is 0 Å². The van der Waals surface area contributed by atoms with Gasteiger partial charge in [-0.15, -0.1) is 0 Å². The first-order valence-electron chi connectivity index (χ1n) is 5.50. The van der Waals surface area contributed by atoms with Crippen molar-refractivity contribution in [3.63, 3.8) is 0 Å². The number of hydrogen-bond donors (Lipinski definition) is 2. The van der Waals surface area contributed by atoms with Gasteiger partial charge in [-0.1, -0.05) is 0 Å². The zero-order chi connectivity index (χ0) is 15.6. The Bertz CT molecular complexity index is 791. The number of sulfonamides is 1. The van der Waals surface area contributed by atoms with Crippen LogP contribution in [0.5, 0.6) is 0 Å². The highest BCUT2D eigenvalue weighted by molar-refractivity contribution is 9.10. The minimum atomic E-state index is -3.98. The number of nitrogens with zero attached hydrogens (tertiary/aromatic N) is 2. The molecule has 2 aromatic rings. The van der Waals surface area contributed by atoms with Crippen LogP contribution >= 0.6 is 15.9 Å². The molecule has 0 saturated carbocycles. The molecular formula is C11H9BrFN3O4S. The van der Waals surface area contributed by atoms with Crippen molar-refractivity contribution >= 4 is 37.6 Å². The van der Waals surface area contributed by atoms with Gasteiger partial charge in [-0.05, 0) is 34.1 Å². The Labute approximate surface area is 127 Å². The summed E-state index contributed by atoms with van der Waals surface area (Å²) in [5.41, 5.74) is 0.0829. The van der Waals surface area contributed by atoms with Crippen LogP contribution in [0.15, 0.2) is 40.0 Å². The second kappa shape index (κ2) is 5.82. The van der Waals surface area contributed by atoms with Gasteiger partial charge >= 0.3 is 5.97 Å². The van der Waals surface area contributed by atoms with Crippen molar-refractivity contribution < 1.29 is 22.7 Å². The molecule has 0 fully saturated rings. The Hall–Kier alpha value is -1.94. The predicted octanol–water partition coefficient (Wildman–Crippen LogP) is 1.67. The van der Waals surface area contributed by atoms with E-state index in [0.717, 1.165) is 16.9 Å². The first-order valence-corrected chi connectivity index (χ1v) is 7.78. The minimum Gasteiger partial charge on any atom is -0.480 e. The van der Waals surface area contributed by atoms with Gasteiger partial charge in [-0.2, -0.15) is 5.10 Å². The lowest BCUT2D eigenvalue weighted by molar-refractivity contribution is -0.137. The normalized spacial score (nSPS) is 11.3. The molecule has 0 atom stereocenters. The van der Waals surface area contributed by atoms with Gasteiger partial charge in [0, 0.05) is 6.20 Å². The fourth-order valence-electron chi connectivity index (χ4n) is 1.50. The largest absolute Gasteiger partial charge is 0.480 e. The zero-order valence-corrected chi connectivity index (χ0v) is 12.7. The van der Waals surface area contributed by atoms with Gasteiger partial charge in [-0.3, -0.25) is 14.2 Å². The molecule has 112 valence electrons. The Balaban J connectivity index is 2.22. The van der Waals surface area contributed by atoms with E-state index in [0.29, 0.717) is 0 Å². The molecule has 1 aromatic heterocycles. The summed E-state index contributed by atoms with van der Waals surface area (Å²) in [5, 5.41) is 12.3. The average Bonchev–Trinajstić information content (AvgIpc) is 2.78. The number of hydrogen-bond acceptors (Lipinski definition) is 4. The van der Waals surface area contributed by atoms with E-state index in [1.54, 1.807) is 0 Å². The van der Waals surface area contributed by atoms with Gasteiger partial charge in [0.15, 0.2) is 0 Å². The molecule has 0 aliphatic heterocycles. The first-order chi connectivity index (χ1) is 9.78. The maximum atomic E-state index is 13.4. The van der Waals surface area contributed by atoms with Crippen LogP contribution in [0.2, 0.25) is 0 Å². The summed E-state index contributed by atoms with van der Waals surface area (Å²) in [5.74, 6) is -1.82. The Morgan fingerprint density at radius 3 is 2.81 bits per heavy atom. The number of aromatic nitrogens is 2. The molecule has 0 unspecified atom stereocenters. The van der Waals surface area contributed by atoms with E-state index in [1.165, 1.54) is 18.3 Å². The molecule has 21 heavy (non-hydrogen) atoms. The van der Waals surface area contributed by atoms with Crippen molar-refractivity contribution in [1.29, 1.82) is 0 Å². The highest BCUT2D eigenvalue weighted by atomic mass is 79.9. The van der Waals surface area contributed by atoms with Crippen molar-refractivity contribution in [3.8, 4) is 0 Å². The van der Waals surface area contributed by atoms with Crippen LogP contribution in [-0.2, 0) is 21.4 Å². The maximum Gasteiger partial charge on any atom is 0.325 e. The number of carboxylic acids is 1. The summed E-state index contributed by atoms with van der Waals surface area (Å²) >= 11 is 2.93. The van der Waals surface area contributed by atoms with Crippen molar-refractivity contribution in [1.82, 2.24) is 9.78 Å². The fraction of sp³-hybridized carbons (Fsp3) is 0.0909. The van der Waals surface area contributed by atoms with Crippen molar-refractivity contribution in [2.75, 3.05) is 4.72 Å². The van der Waals surface area contributed by atoms with Crippen molar-refractivity contribution in [2.45, 2.75) is 11.4 Å². The van der Waals surface area contributed by atoms with Crippen LogP contribution in [0.4, 0.5) is 10.1 Å². The second-order valence-corrected chi connectivity index (χ2v) is 6.54. The molecule has 0 amide bonds. The minimum absolute atomic E-state index is 0.0829. The Morgan fingerprint density at radius 2 is 2.19 bits per heavy atom. The summed E-state index contributed by atoms with van der Waals surface area (Å²) < 4.78 is 40.9. The van der Waals surface area contributed by atoms with Gasteiger partial charge in [0.2, 0.25) is 0 Å². The van der Waals surface area contributed by atoms with E-state index in [9.17, 15) is 17.6 Å². The lowest BCUT2D eigenvalue weighted by Crippen LogP contribution is -2.13. The van der Waals surface area contributed by atoms with Crippen LogP contribution in [-0.4, -0.2) is 29.3 Å². The Morgan fingerprint density at radius 1 is 1.48 bits per heavy atom. The first kappa shape index (κ1) is 15.4. The van der Waals surface area contributed by atoms with E-state index >= 15 is 0 Å². The lowest BCUT2D eigenvalue weighted by Gasteiger charge is -2.06. The van der Waals surface area contributed by atoms with E-state index in [2.05, 4.69) is 25.8 Å². The van der Waals surface area contributed by atoms with Crippen LogP contribution in [0.1, 0.15) is 0 Å². The fourth-order valence-corrected chi connectivity index (χ4v) is 2.79. The number of halogens is 2. The highest BCUT2D eigenvalue weighted by Crippen LogP contribution is 2.21. The van der Waals surface area contributed by atoms with Gasteiger partial charge in [0.05, 0.1) is 21.3 Å². The molecule has 7 nitrogen and oxygen atoms in total. The van der Waals surface area contributed by atoms with Gasteiger partial charge < -0.3 is 5.11 Å². The second-order valence-electron chi connectivity index (χ2n) is 4.00. The molecule has 0 aliphatic rings. The zero-order valence-electron chi connectivity index (χ0n) is 10.3. The number of rotatable bonds is 5. The molecule has 2 rings (SSSR count). The molecule has 1 heterocycles. The van der Waals surface area contributed by atoms with Gasteiger partial charge in [0.25, 0.3) is 10.0 Å². The van der Waals surface area contributed by atoms with Crippen LogP contribution < -0.4 is 4.72 Å². The summed E-state index contributed by atoms with van der Waals surface area (Å²) in [6.45, 7) is -0.394. The number of benzene rings is 1. The smallest absolute Gasteiger partial charge is 0.325 e. The summed E-state index contributed by atoms with van der Waals surface area (Å²) in [4.78, 5) is 10.3.